The Morgan fingerprint density at radius 2 is 1.62 bits per heavy atom. The largest absolute Gasteiger partial charge is 0.627 e. The Bertz CT molecular complexity index is 866. The van der Waals surface area contributed by atoms with E-state index < -0.39 is 0 Å². The lowest BCUT2D eigenvalue weighted by molar-refractivity contribution is -0.163. The highest BCUT2D eigenvalue weighted by Crippen LogP contribution is 2.38. The number of rotatable bonds is 5. The van der Waals surface area contributed by atoms with E-state index >= 15 is 0 Å². The molecule has 0 radical (unpaired) electrons. The molecule has 0 amide bonds. The second kappa shape index (κ2) is 8.33. The number of nitrogens with zero attached hydrogens (tertiary/aromatic N) is 1. The lowest BCUT2D eigenvalue weighted by Gasteiger charge is -2.45. The Hall–Kier alpha value is -2.11. The van der Waals surface area contributed by atoms with Crippen LogP contribution in [0.15, 0.2) is 36.4 Å². The fraction of sp³-hybridized carbons (Fsp3) is 0.542. The molecule has 1 aliphatic heterocycles. The lowest BCUT2D eigenvalue weighted by Crippen LogP contribution is -2.47. The van der Waals surface area contributed by atoms with E-state index in [1.54, 1.807) is 0 Å². The Balaban J connectivity index is 1.51. The molecule has 1 saturated heterocycles. The van der Waals surface area contributed by atoms with Gasteiger partial charge in [0.05, 0.1) is 13.1 Å². The van der Waals surface area contributed by atoms with Gasteiger partial charge in [0.15, 0.2) is 6.61 Å². The summed E-state index contributed by atoms with van der Waals surface area (Å²) < 4.78 is 11.3. The molecule has 0 N–H and O–H groups in total. The number of hydrogen-bond donors (Lipinski definition) is 0. The summed E-state index contributed by atoms with van der Waals surface area (Å²) in [4.78, 5) is 12.4. The van der Waals surface area contributed by atoms with Crippen molar-refractivity contribution in [2.24, 2.45) is 0 Å². The number of carbonyl (C=O) groups excluding carboxylic acids is 1. The highest BCUT2D eigenvalue weighted by molar-refractivity contribution is 5.97. The van der Waals surface area contributed by atoms with Crippen LogP contribution in [0.4, 0.5) is 5.69 Å². The molecule has 0 spiro atoms. The summed E-state index contributed by atoms with van der Waals surface area (Å²) in [6.45, 7) is 3.14. The summed E-state index contributed by atoms with van der Waals surface area (Å²) >= 11 is 0. The molecule has 0 aromatic heterocycles. The van der Waals surface area contributed by atoms with E-state index in [0.29, 0.717) is 18.8 Å². The van der Waals surface area contributed by atoms with Crippen LogP contribution in [-0.2, 0) is 9.53 Å². The van der Waals surface area contributed by atoms with Crippen LogP contribution >= 0.6 is 0 Å². The summed E-state index contributed by atoms with van der Waals surface area (Å²) in [7, 11) is 0. The first-order valence-corrected chi connectivity index (χ1v) is 10.9. The fourth-order valence-corrected chi connectivity index (χ4v) is 4.84. The van der Waals surface area contributed by atoms with Crippen molar-refractivity contribution in [1.82, 2.24) is 4.65 Å². The first-order valence-electron chi connectivity index (χ1n) is 10.9. The Kier molecular flexibility index (Phi) is 5.79. The van der Waals surface area contributed by atoms with Crippen LogP contribution in [0, 0.1) is 5.21 Å². The van der Waals surface area contributed by atoms with Crippen LogP contribution in [0.3, 0.4) is 0 Å². The number of esters is 1. The zero-order valence-electron chi connectivity index (χ0n) is 17.3. The highest BCUT2D eigenvalue weighted by Gasteiger charge is 2.31. The lowest BCUT2D eigenvalue weighted by atomic mass is 9.86. The van der Waals surface area contributed by atoms with E-state index in [0.717, 1.165) is 61.4 Å². The van der Waals surface area contributed by atoms with Gasteiger partial charge in [-0.1, -0.05) is 24.6 Å². The van der Waals surface area contributed by atoms with E-state index in [9.17, 15) is 10.0 Å². The average Bonchev–Trinajstić information content (AvgIpc) is 2.72. The zero-order valence-corrected chi connectivity index (χ0v) is 17.3. The van der Waals surface area contributed by atoms with Crippen LogP contribution in [0.1, 0.15) is 58.3 Å². The molecular weight excluding hydrogens is 366 g/mol. The van der Waals surface area contributed by atoms with E-state index in [2.05, 4.69) is 0 Å². The topological polar surface area (TPSA) is 58.6 Å². The molecule has 2 aromatic carbocycles. The fourth-order valence-electron chi connectivity index (χ4n) is 4.84. The number of hydroxylamine groups is 2. The maximum absolute atomic E-state index is 13.4. The molecule has 1 heterocycles. The zero-order chi connectivity index (χ0) is 20.3. The van der Waals surface area contributed by atoms with Crippen LogP contribution in [0.5, 0.6) is 5.75 Å². The minimum absolute atomic E-state index is 0.115. The van der Waals surface area contributed by atoms with Crippen molar-refractivity contribution in [3.63, 3.8) is 0 Å². The van der Waals surface area contributed by atoms with Crippen LogP contribution < -0.4 is 9.38 Å². The number of benzene rings is 2. The second-order valence-electron chi connectivity index (χ2n) is 8.80. The molecule has 4 rings (SSSR count). The monoisotopic (exact) mass is 397 g/mol. The molecule has 2 aromatic rings. The summed E-state index contributed by atoms with van der Waals surface area (Å²) in [5.74, 6) is 0.296. The first kappa shape index (κ1) is 20.2. The molecule has 2 fully saturated rings. The molecule has 1 saturated carbocycles. The van der Waals surface area contributed by atoms with Gasteiger partial charge in [-0.3, -0.25) is 0 Å². The van der Waals surface area contributed by atoms with E-state index in [4.69, 9.17) is 9.47 Å². The van der Waals surface area contributed by atoms with Crippen molar-refractivity contribution < 1.29 is 14.3 Å². The Morgan fingerprint density at radius 1 is 0.966 bits per heavy atom. The number of quaternary nitrogens is 1. The normalized spacial score (nSPS) is 20.9. The van der Waals surface area contributed by atoms with Gasteiger partial charge in [-0.25, -0.2) is 4.79 Å². The number of piperidine rings is 1. The van der Waals surface area contributed by atoms with Gasteiger partial charge in [0.25, 0.3) is 0 Å². The number of hydrogen-bond acceptors (Lipinski definition) is 4. The molecule has 5 nitrogen and oxygen atoms in total. The standard InChI is InChI=1S/C24H31NO4/c1-24(14-6-2-7-15-24)29-23(26)18-28-22-13-12-21(19-10-4-5-11-20(19)22)25(27)16-8-3-9-17-25/h4-5,10-13H,2-3,6-9,14-18H2,1H3. The van der Waals surface area contributed by atoms with E-state index in [1.165, 1.54) is 6.42 Å². The molecule has 0 unspecified atom stereocenters. The van der Waals surface area contributed by atoms with Crippen LogP contribution in [0.2, 0.25) is 0 Å². The van der Waals surface area contributed by atoms with Gasteiger partial charge in [-0.2, -0.15) is 0 Å². The van der Waals surface area contributed by atoms with Crippen LogP contribution in [-0.4, -0.2) is 31.3 Å². The van der Waals surface area contributed by atoms with Crippen molar-refractivity contribution in [1.29, 1.82) is 0 Å². The second-order valence-corrected chi connectivity index (χ2v) is 8.80. The third-order valence-corrected chi connectivity index (χ3v) is 6.46. The van der Waals surface area contributed by atoms with Gasteiger partial charge in [-0.15, -0.1) is 0 Å². The molecule has 2 aliphatic rings. The third-order valence-electron chi connectivity index (χ3n) is 6.46. The summed E-state index contributed by atoms with van der Waals surface area (Å²) in [6, 6.07) is 11.5. The summed E-state index contributed by atoms with van der Waals surface area (Å²) in [5, 5.41) is 15.2. The van der Waals surface area contributed by atoms with Gasteiger partial charge in [0.1, 0.15) is 17.0 Å². The Labute approximate surface area is 172 Å². The number of fused-ring (bicyclic) bond motifs is 1. The predicted molar refractivity (Wildman–Crippen MR) is 116 cm³/mol. The van der Waals surface area contributed by atoms with Crippen LogP contribution in [0.25, 0.3) is 10.8 Å². The summed E-state index contributed by atoms with van der Waals surface area (Å²) in [5.41, 5.74) is 0.433. The SMILES string of the molecule is CC1(OC(=O)COc2ccc([N+]3([O-])CCCCC3)c3ccccc23)CCCCC1. The van der Waals surface area contributed by atoms with E-state index in [-0.39, 0.29) is 22.8 Å². The van der Waals surface area contributed by atoms with Crippen molar-refractivity contribution in [2.45, 2.75) is 63.9 Å². The molecule has 156 valence electrons. The minimum atomic E-state index is -0.363. The smallest absolute Gasteiger partial charge is 0.344 e. The third kappa shape index (κ3) is 4.41. The van der Waals surface area contributed by atoms with Gasteiger partial charge in [0, 0.05) is 16.8 Å². The maximum atomic E-state index is 13.4. The van der Waals surface area contributed by atoms with Crippen molar-refractivity contribution >= 4 is 22.4 Å². The molecule has 0 atom stereocenters. The van der Waals surface area contributed by atoms with Crippen molar-refractivity contribution in [2.75, 3.05) is 19.7 Å². The van der Waals surface area contributed by atoms with Gasteiger partial charge < -0.3 is 19.3 Å². The quantitative estimate of drug-likeness (QED) is 0.381. The highest BCUT2D eigenvalue weighted by atomic mass is 16.6. The van der Waals surface area contributed by atoms with Crippen molar-refractivity contribution in [3.05, 3.63) is 41.6 Å². The minimum Gasteiger partial charge on any atom is -0.627 e. The van der Waals surface area contributed by atoms with E-state index in [1.807, 2.05) is 43.3 Å². The van der Waals surface area contributed by atoms with Gasteiger partial charge in [0.2, 0.25) is 0 Å². The molecular formula is C24H31NO4. The Morgan fingerprint density at radius 3 is 2.34 bits per heavy atom. The maximum Gasteiger partial charge on any atom is 0.344 e. The molecule has 0 bridgehead atoms. The summed E-state index contributed by atoms with van der Waals surface area (Å²) in [6.07, 6.45) is 8.29. The predicted octanol–water partition coefficient (Wildman–Crippen LogP) is 5.47. The number of ether oxygens (including phenoxy) is 2. The average molecular weight is 398 g/mol. The molecule has 5 heteroatoms. The number of carbonyl (C=O) groups is 1. The van der Waals surface area contributed by atoms with Gasteiger partial charge >= 0.3 is 5.97 Å². The molecule has 1 aliphatic carbocycles. The van der Waals surface area contributed by atoms with Gasteiger partial charge in [-0.05, 0) is 64.0 Å². The first-order chi connectivity index (χ1) is 14.0. The van der Waals surface area contributed by atoms with Crippen molar-refractivity contribution in [3.8, 4) is 5.75 Å². The molecule has 29 heavy (non-hydrogen) atoms.